The number of likely N-dealkylation sites (tertiary alicyclic amines) is 1. The third-order valence-corrected chi connectivity index (χ3v) is 3.94. The number of aromatic nitrogens is 2. The van der Waals surface area contributed by atoms with Gasteiger partial charge in [-0.25, -0.2) is 9.37 Å². The lowest BCUT2D eigenvalue weighted by atomic mass is 9.95. The van der Waals surface area contributed by atoms with E-state index in [-0.39, 0.29) is 17.8 Å². The monoisotopic (exact) mass is 287 g/mol. The van der Waals surface area contributed by atoms with Gasteiger partial charge < -0.3 is 9.47 Å². The Morgan fingerprint density at radius 3 is 2.71 bits per heavy atom. The van der Waals surface area contributed by atoms with E-state index in [9.17, 15) is 9.18 Å². The van der Waals surface area contributed by atoms with Crippen LogP contribution in [0.25, 0.3) is 0 Å². The van der Waals surface area contributed by atoms with Gasteiger partial charge in [0.2, 0.25) is 0 Å². The van der Waals surface area contributed by atoms with E-state index in [1.54, 1.807) is 29.2 Å². The Kier molecular flexibility index (Phi) is 3.73. The van der Waals surface area contributed by atoms with Gasteiger partial charge in [0.25, 0.3) is 5.91 Å². The van der Waals surface area contributed by atoms with Crippen molar-refractivity contribution in [1.29, 1.82) is 0 Å². The number of benzene rings is 1. The maximum absolute atomic E-state index is 13.1. The van der Waals surface area contributed by atoms with Crippen molar-refractivity contribution in [3.63, 3.8) is 0 Å². The number of hydrogen-bond donors (Lipinski definition) is 0. The average Bonchev–Trinajstić information content (AvgIpc) is 2.94. The minimum atomic E-state index is -0.253. The van der Waals surface area contributed by atoms with Crippen molar-refractivity contribution >= 4 is 5.91 Å². The first kappa shape index (κ1) is 13.8. The third-order valence-electron chi connectivity index (χ3n) is 3.94. The Hall–Kier alpha value is -2.17. The molecule has 0 spiro atoms. The molecule has 1 saturated heterocycles. The summed E-state index contributed by atoms with van der Waals surface area (Å²) in [5.74, 6) is -0.304. The van der Waals surface area contributed by atoms with Crippen LogP contribution in [-0.4, -0.2) is 26.9 Å². The zero-order valence-corrected chi connectivity index (χ0v) is 12.0. The number of amides is 1. The first-order valence-electron chi connectivity index (χ1n) is 7.19. The highest BCUT2D eigenvalue weighted by Crippen LogP contribution is 2.31. The fourth-order valence-electron chi connectivity index (χ4n) is 2.88. The molecule has 0 N–H and O–H groups in total. The van der Waals surface area contributed by atoms with Crippen LogP contribution < -0.4 is 0 Å². The summed E-state index contributed by atoms with van der Waals surface area (Å²) in [5, 5.41) is 0. The number of halogens is 1. The SMILES string of the molecule is Cn1cnc(C(=O)N2CCCCC2c2ccc(F)cc2)c1. The van der Waals surface area contributed by atoms with Crippen molar-refractivity contribution in [3.8, 4) is 0 Å². The molecule has 1 aromatic carbocycles. The quantitative estimate of drug-likeness (QED) is 0.851. The summed E-state index contributed by atoms with van der Waals surface area (Å²) in [6.45, 7) is 0.720. The van der Waals surface area contributed by atoms with E-state index in [2.05, 4.69) is 4.98 Å². The predicted octanol–water partition coefficient (Wildman–Crippen LogP) is 2.93. The van der Waals surface area contributed by atoms with E-state index in [1.807, 2.05) is 11.9 Å². The normalized spacial score (nSPS) is 18.8. The second kappa shape index (κ2) is 5.68. The van der Waals surface area contributed by atoms with Gasteiger partial charge in [0.15, 0.2) is 0 Å². The molecule has 1 aliphatic rings. The number of nitrogens with zero attached hydrogens (tertiary/aromatic N) is 3. The zero-order chi connectivity index (χ0) is 14.8. The highest BCUT2D eigenvalue weighted by atomic mass is 19.1. The van der Waals surface area contributed by atoms with Crippen LogP contribution in [0.2, 0.25) is 0 Å². The molecule has 1 unspecified atom stereocenters. The Morgan fingerprint density at radius 1 is 1.29 bits per heavy atom. The van der Waals surface area contributed by atoms with Gasteiger partial charge in [0.05, 0.1) is 12.4 Å². The van der Waals surface area contributed by atoms with E-state index in [4.69, 9.17) is 0 Å². The van der Waals surface area contributed by atoms with Crippen molar-refractivity contribution in [3.05, 3.63) is 53.9 Å². The molecule has 0 bridgehead atoms. The third kappa shape index (κ3) is 2.82. The van der Waals surface area contributed by atoms with Crippen LogP contribution in [0.15, 0.2) is 36.8 Å². The minimum Gasteiger partial charge on any atom is -0.340 e. The Labute approximate surface area is 123 Å². The van der Waals surface area contributed by atoms with Gasteiger partial charge in [-0.3, -0.25) is 4.79 Å². The largest absolute Gasteiger partial charge is 0.340 e. The van der Waals surface area contributed by atoms with Crippen LogP contribution >= 0.6 is 0 Å². The van der Waals surface area contributed by atoms with Crippen LogP contribution in [0, 0.1) is 5.82 Å². The molecule has 1 aliphatic heterocycles. The summed E-state index contributed by atoms with van der Waals surface area (Å²) in [6.07, 6.45) is 6.34. The highest BCUT2D eigenvalue weighted by Gasteiger charge is 2.29. The molecular weight excluding hydrogens is 269 g/mol. The van der Waals surface area contributed by atoms with Gasteiger partial charge in [-0.15, -0.1) is 0 Å². The number of piperidine rings is 1. The maximum Gasteiger partial charge on any atom is 0.274 e. The fourth-order valence-corrected chi connectivity index (χ4v) is 2.88. The summed E-state index contributed by atoms with van der Waals surface area (Å²) >= 11 is 0. The van der Waals surface area contributed by atoms with E-state index >= 15 is 0 Å². The number of rotatable bonds is 2. The topological polar surface area (TPSA) is 38.1 Å². The summed E-state index contributed by atoms with van der Waals surface area (Å²) in [5.41, 5.74) is 1.45. The lowest BCUT2D eigenvalue weighted by Gasteiger charge is -2.35. The molecular formula is C16H18FN3O. The number of carbonyl (C=O) groups excluding carboxylic acids is 1. The predicted molar refractivity (Wildman–Crippen MR) is 77.2 cm³/mol. The molecule has 0 radical (unpaired) electrons. The van der Waals surface area contributed by atoms with Crippen molar-refractivity contribution in [2.24, 2.45) is 7.05 Å². The summed E-state index contributed by atoms with van der Waals surface area (Å²) < 4.78 is 14.9. The van der Waals surface area contributed by atoms with Gasteiger partial charge in [-0.05, 0) is 37.0 Å². The van der Waals surface area contributed by atoms with Crippen molar-refractivity contribution < 1.29 is 9.18 Å². The molecule has 0 aliphatic carbocycles. The van der Waals surface area contributed by atoms with Crippen LogP contribution in [0.5, 0.6) is 0 Å². The molecule has 1 amide bonds. The Bertz CT molecular complexity index is 635. The number of hydrogen-bond acceptors (Lipinski definition) is 2. The van der Waals surface area contributed by atoms with Gasteiger partial charge in [-0.1, -0.05) is 12.1 Å². The fraction of sp³-hybridized carbons (Fsp3) is 0.375. The molecule has 110 valence electrons. The van der Waals surface area contributed by atoms with Crippen LogP contribution in [0.1, 0.15) is 41.4 Å². The summed E-state index contributed by atoms with van der Waals surface area (Å²) in [7, 11) is 1.84. The zero-order valence-electron chi connectivity index (χ0n) is 12.0. The Balaban J connectivity index is 1.87. The van der Waals surface area contributed by atoms with Crippen LogP contribution in [0.4, 0.5) is 4.39 Å². The molecule has 5 heteroatoms. The van der Waals surface area contributed by atoms with Crippen LogP contribution in [-0.2, 0) is 7.05 Å². The van der Waals surface area contributed by atoms with E-state index in [1.165, 1.54) is 12.1 Å². The molecule has 2 heterocycles. The summed E-state index contributed by atoms with van der Waals surface area (Å²) in [6, 6.07) is 6.45. The average molecular weight is 287 g/mol. The molecule has 3 rings (SSSR count). The van der Waals surface area contributed by atoms with Crippen molar-refractivity contribution in [2.75, 3.05) is 6.54 Å². The first-order valence-corrected chi connectivity index (χ1v) is 7.19. The Morgan fingerprint density at radius 2 is 2.05 bits per heavy atom. The number of aryl methyl sites for hydroxylation is 1. The lowest BCUT2D eigenvalue weighted by Crippen LogP contribution is -2.38. The van der Waals surface area contributed by atoms with E-state index in [0.29, 0.717) is 5.69 Å². The van der Waals surface area contributed by atoms with Crippen molar-refractivity contribution in [2.45, 2.75) is 25.3 Å². The second-order valence-corrected chi connectivity index (χ2v) is 5.49. The number of imidazole rings is 1. The lowest BCUT2D eigenvalue weighted by molar-refractivity contribution is 0.0606. The molecule has 0 saturated carbocycles. The van der Waals surface area contributed by atoms with Gasteiger partial charge in [-0.2, -0.15) is 0 Å². The van der Waals surface area contributed by atoms with Gasteiger partial charge in [0, 0.05) is 19.8 Å². The second-order valence-electron chi connectivity index (χ2n) is 5.49. The first-order chi connectivity index (χ1) is 10.1. The minimum absolute atomic E-state index is 0.00820. The van der Waals surface area contributed by atoms with Gasteiger partial charge >= 0.3 is 0 Å². The van der Waals surface area contributed by atoms with Crippen LogP contribution in [0.3, 0.4) is 0 Å². The van der Waals surface area contributed by atoms with E-state index < -0.39 is 0 Å². The van der Waals surface area contributed by atoms with Gasteiger partial charge in [0.1, 0.15) is 11.5 Å². The molecule has 1 atom stereocenters. The summed E-state index contributed by atoms with van der Waals surface area (Å²) in [4.78, 5) is 18.6. The molecule has 1 aromatic heterocycles. The molecule has 2 aromatic rings. The molecule has 1 fully saturated rings. The van der Waals surface area contributed by atoms with Crippen molar-refractivity contribution in [1.82, 2.24) is 14.5 Å². The molecule has 4 nitrogen and oxygen atoms in total. The standard InChI is InChI=1S/C16H18FN3O/c1-19-10-14(18-11-19)16(21)20-9-3-2-4-15(20)12-5-7-13(17)8-6-12/h5-8,10-11,15H,2-4,9H2,1H3. The van der Waals surface area contributed by atoms with E-state index in [0.717, 1.165) is 31.4 Å². The smallest absolute Gasteiger partial charge is 0.274 e. The molecule has 21 heavy (non-hydrogen) atoms. The highest BCUT2D eigenvalue weighted by molar-refractivity contribution is 5.92. The maximum atomic E-state index is 13.1. The number of carbonyl (C=O) groups is 1.